The van der Waals surface area contributed by atoms with Crippen LogP contribution in [-0.2, 0) is 0 Å². The fourth-order valence-corrected chi connectivity index (χ4v) is 1.88. The summed E-state index contributed by atoms with van der Waals surface area (Å²) in [6.07, 6.45) is 0. The van der Waals surface area contributed by atoms with Crippen LogP contribution in [0.25, 0.3) is 0 Å². The van der Waals surface area contributed by atoms with Crippen LogP contribution in [0.5, 0.6) is 0 Å². The molecule has 0 aromatic carbocycles. The maximum absolute atomic E-state index is 11.6. The molecule has 78 valence electrons. The zero-order chi connectivity index (χ0) is 10.9. The third-order valence-electron chi connectivity index (χ3n) is 1.92. The van der Waals surface area contributed by atoms with E-state index in [1.54, 1.807) is 14.1 Å². The molecule has 4 nitrogen and oxygen atoms in total. The number of halogens is 1. The molecule has 0 radical (unpaired) electrons. The molecule has 1 aromatic rings. The van der Waals surface area contributed by atoms with E-state index in [1.165, 1.54) is 4.90 Å². The normalized spacial score (nSPS) is 10.7. The van der Waals surface area contributed by atoms with Crippen LogP contribution < -0.4 is 0 Å². The molecule has 0 saturated heterocycles. The molecule has 0 saturated carbocycles. The number of nitrogens with zero attached hydrogens (tertiary/aromatic N) is 2. The molecule has 1 N–H and O–H groups in total. The molecule has 0 atom stereocenters. The minimum atomic E-state index is -0.0972. The summed E-state index contributed by atoms with van der Waals surface area (Å²) in [6, 6.07) is 0. The lowest BCUT2D eigenvalue weighted by atomic mass is 10.1. The Hall–Kier alpha value is -0.840. The van der Waals surface area contributed by atoms with E-state index in [4.69, 9.17) is 0 Å². The van der Waals surface area contributed by atoms with Crippen molar-refractivity contribution >= 4 is 21.8 Å². The highest BCUT2D eigenvalue weighted by Gasteiger charge is 2.20. The number of H-pyrrole nitrogens is 1. The van der Waals surface area contributed by atoms with Crippen LogP contribution in [0.4, 0.5) is 0 Å². The maximum atomic E-state index is 11.6. The molecule has 0 aliphatic rings. The minimum absolute atomic E-state index is 0.0972. The largest absolute Gasteiger partial charge is 0.343 e. The number of hydrogen-bond donors (Lipinski definition) is 1. The number of nitrogens with one attached hydrogen (secondary N) is 1. The average molecular weight is 260 g/mol. The molecule has 1 aromatic heterocycles. The highest BCUT2D eigenvalue weighted by molar-refractivity contribution is 9.10. The molecule has 5 heteroatoms. The summed E-state index contributed by atoms with van der Waals surface area (Å²) in [4.78, 5) is 13.1. The zero-order valence-electron chi connectivity index (χ0n) is 8.76. The number of hydrogen-bond acceptors (Lipinski definition) is 2. The van der Waals surface area contributed by atoms with Gasteiger partial charge in [-0.15, -0.1) is 0 Å². The van der Waals surface area contributed by atoms with Crippen molar-refractivity contribution in [1.29, 1.82) is 0 Å². The molecule has 1 amide bonds. The Morgan fingerprint density at radius 2 is 2.07 bits per heavy atom. The second-order valence-corrected chi connectivity index (χ2v) is 4.45. The third kappa shape index (κ3) is 1.97. The molecule has 0 unspecified atom stereocenters. The summed E-state index contributed by atoms with van der Waals surface area (Å²) in [5, 5.41) is 6.86. The molecule has 0 bridgehead atoms. The lowest BCUT2D eigenvalue weighted by Gasteiger charge is -2.07. The van der Waals surface area contributed by atoms with Crippen LogP contribution in [-0.4, -0.2) is 35.1 Å². The smallest absolute Gasteiger partial charge is 0.275 e. The Bertz CT molecular complexity index is 344. The second kappa shape index (κ2) is 4.13. The van der Waals surface area contributed by atoms with Crippen LogP contribution >= 0.6 is 15.9 Å². The van der Waals surface area contributed by atoms with Crippen molar-refractivity contribution in [3.63, 3.8) is 0 Å². The highest BCUT2D eigenvalue weighted by Crippen LogP contribution is 2.25. The van der Waals surface area contributed by atoms with Gasteiger partial charge in [0.25, 0.3) is 5.91 Å². The van der Waals surface area contributed by atoms with E-state index in [9.17, 15) is 4.79 Å². The van der Waals surface area contributed by atoms with Crippen molar-refractivity contribution in [2.45, 2.75) is 19.8 Å². The van der Waals surface area contributed by atoms with E-state index >= 15 is 0 Å². The maximum Gasteiger partial charge on any atom is 0.275 e. The molecule has 1 rings (SSSR count). The number of rotatable bonds is 2. The number of amides is 1. The Kier molecular flexibility index (Phi) is 3.31. The van der Waals surface area contributed by atoms with E-state index in [0.717, 1.165) is 10.2 Å². The SMILES string of the molecule is CC(C)c1[nH]nc(C(=O)N(C)C)c1Br. The topological polar surface area (TPSA) is 49.0 Å². The summed E-state index contributed by atoms with van der Waals surface area (Å²) < 4.78 is 0.770. The van der Waals surface area contributed by atoms with Crippen LogP contribution in [0.2, 0.25) is 0 Å². The molecule has 0 aliphatic heterocycles. The first kappa shape index (κ1) is 11.2. The van der Waals surface area contributed by atoms with Gasteiger partial charge in [-0.2, -0.15) is 5.10 Å². The monoisotopic (exact) mass is 259 g/mol. The summed E-state index contributed by atoms with van der Waals surface area (Å²) >= 11 is 3.38. The second-order valence-electron chi connectivity index (χ2n) is 3.65. The van der Waals surface area contributed by atoms with Crippen molar-refractivity contribution in [3.8, 4) is 0 Å². The molecule has 0 spiro atoms. The number of carbonyl (C=O) groups is 1. The highest BCUT2D eigenvalue weighted by atomic mass is 79.9. The van der Waals surface area contributed by atoms with Gasteiger partial charge in [0.2, 0.25) is 0 Å². The van der Waals surface area contributed by atoms with Crippen molar-refractivity contribution in [3.05, 3.63) is 15.9 Å². The first-order chi connectivity index (χ1) is 6.45. The predicted octanol–water partition coefficient (Wildman–Crippen LogP) is 2.00. The van der Waals surface area contributed by atoms with E-state index in [1.807, 2.05) is 13.8 Å². The van der Waals surface area contributed by atoms with Gasteiger partial charge in [-0.25, -0.2) is 0 Å². The van der Waals surface area contributed by atoms with E-state index in [2.05, 4.69) is 26.1 Å². The summed E-state index contributed by atoms with van der Waals surface area (Å²) in [5.74, 6) is 0.223. The van der Waals surface area contributed by atoms with Gasteiger partial charge >= 0.3 is 0 Å². The van der Waals surface area contributed by atoms with Crippen molar-refractivity contribution in [1.82, 2.24) is 15.1 Å². The minimum Gasteiger partial charge on any atom is -0.343 e. The quantitative estimate of drug-likeness (QED) is 0.884. The Balaban J connectivity index is 3.07. The standard InChI is InChI=1S/C9H14BrN3O/c1-5(2)7-6(10)8(12-11-7)9(14)13(3)4/h5H,1-4H3,(H,11,12). The van der Waals surface area contributed by atoms with E-state index in [-0.39, 0.29) is 5.91 Å². The van der Waals surface area contributed by atoms with Crippen LogP contribution in [0.3, 0.4) is 0 Å². The summed E-state index contributed by atoms with van der Waals surface area (Å²) in [5.41, 5.74) is 1.40. The predicted molar refractivity (Wildman–Crippen MR) is 58.4 cm³/mol. The zero-order valence-corrected chi connectivity index (χ0v) is 10.3. The number of carbonyl (C=O) groups excluding carboxylic acids is 1. The lowest BCUT2D eigenvalue weighted by molar-refractivity contribution is 0.0821. The first-order valence-electron chi connectivity index (χ1n) is 4.40. The van der Waals surface area contributed by atoms with Crippen LogP contribution in [0.1, 0.15) is 35.9 Å². The number of aromatic nitrogens is 2. The van der Waals surface area contributed by atoms with Gasteiger partial charge in [0, 0.05) is 14.1 Å². The average Bonchev–Trinajstić information content (AvgIpc) is 2.45. The summed E-state index contributed by atoms with van der Waals surface area (Å²) in [6.45, 7) is 4.09. The van der Waals surface area contributed by atoms with Crippen LogP contribution in [0.15, 0.2) is 4.47 Å². The van der Waals surface area contributed by atoms with Gasteiger partial charge in [0.05, 0.1) is 10.2 Å². The Labute approximate surface area is 91.8 Å². The first-order valence-corrected chi connectivity index (χ1v) is 5.19. The van der Waals surface area contributed by atoms with Crippen molar-refractivity contribution < 1.29 is 4.79 Å². The summed E-state index contributed by atoms with van der Waals surface area (Å²) in [7, 11) is 3.41. The molecular weight excluding hydrogens is 246 g/mol. The number of aromatic amines is 1. The van der Waals surface area contributed by atoms with Crippen LogP contribution in [0, 0.1) is 0 Å². The fraction of sp³-hybridized carbons (Fsp3) is 0.556. The molecule has 0 aliphatic carbocycles. The lowest BCUT2D eigenvalue weighted by Crippen LogP contribution is -2.22. The molecule has 1 heterocycles. The van der Waals surface area contributed by atoms with Gasteiger partial charge < -0.3 is 4.90 Å². The van der Waals surface area contributed by atoms with Crippen molar-refractivity contribution in [2.24, 2.45) is 0 Å². The molecule has 0 fully saturated rings. The van der Waals surface area contributed by atoms with Gasteiger partial charge in [-0.05, 0) is 21.8 Å². The van der Waals surface area contributed by atoms with E-state index in [0.29, 0.717) is 11.6 Å². The Morgan fingerprint density at radius 1 is 1.50 bits per heavy atom. The van der Waals surface area contributed by atoms with Gasteiger partial charge in [0.15, 0.2) is 5.69 Å². The van der Waals surface area contributed by atoms with Gasteiger partial charge in [-0.1, -0.05) is 13.8 Å². The van der Waals surface area contributed by atoms with Crippen molar-refractivity contribution in [2.75, 3.05) is 14.1 Å². The third-order valence-corrected chi connectivity index (χ3v) is 2.72. The van der Waals surface area contributed by atoms with Gasteiger partial charge in [-0.3, -0.25) is 9.89 Å². The van der Waals surface area contributed by atoms with E-state index < -0.39 is 0 Å². The molecule has 14 heavy (non-hydrogen) atoms. The molecular formula is C9H14BrN3O. The Morgan fingerprint density at radius 3 is 2.43 bits per heavy atom. The fourth-order valence-electron chi connectivity index (χ4n) is 1.08. The van der Waals surface area contributed by atoms with Gasteiger partial charge in [0.1, 0.15) is 0 Å².